The second-order valence-electron chi connectivity index (χ2n) is 10.9. The van der Waals surface area contributed by atoms with Crippen molar-refractivity contribution in [3.8, 4) is 17.0 Å². The summed E-state index contributed by atoms with van der Waals surface area (Å²) in [4.78, 5) is 38.0. The van der Waals surface area contributed by atoms with Gasteiger partial charge in [-0.1, -0.05) is 6.92 Å². The summed E-state index contributed by atoms with van der Waals surface area (Å²) in [6.45, 7) is 5.73. The molecule has 1 aliphatic carbocycles. The minimum Gasteiger partial charge on any atom is -0.493 e. The first kappa shape index (κ1) is 28.8. The number of carbonyl (C=O) groups excluding carboxylic acids is 1. The topological polar surface area (TPSA) is 145 Å². The van der Waals surface area contributed by atoms with Crippen LogP contribution in [0.25, 0.3) is 16.8 Å². The highest BCUT2D eigenvalue weighted by molar-refractivity contribution is 6.04. The number of hydrogen-bond donors (Lipinski definition) is 3. The maximum Gasteiger partial charge on any atom is 0.416 e. The number of amides is 1. The van der Waals surface area contributed by atoms with Crippen molar-refractivity contribution in [2.24, 2.45) is 5.41 Å². The molecule has 1 amide bonds. The number of hydrogen-bond acceptors (Lipinski definition) is 7. The normalized spacial score (nSPS) is 20.5. The lowest BCUT2D eigenvalue weighted by Gasteiger charge is -2.25. The molecule has 3 aromatic heterocycles. The SMILES string of the molecule is CCOc1cc(C(=O)Nc2cc(C(F)(F)F)ccn2)ccc1-c1nc(C2(C)CCC(C)(C(=O)O)C2)n2ccnc(N)c12. The fourth-order valence-corrected chi connectivity index (χ4v) is 5.64. The lowest BCUT2D eigenvalue weighted by molar-refractivity contribution is -0.147. The Balaban J connectivity index is 1.56. The molecule has 13 heteroatoms. The first-order valence-corrected chi connectivity index (χ1v) is 13.2. The zero-order valence-corrected chi connectivity index (χ0v) is 23.1. The van der Waals surface area contributed by atoms with Crippen molar-refractivity contribution < 1.29 is 32.6 Å². The number of carboxylic acid groups (broad SMARTS) is 1. The van der Waals surface area contributed by atoms with Crippen molar-refractivity contribution in [1.82, 2.24) is 19.4 Å². The Bertz CT molecular complexity index is 1700. The number of nitrogens with two attached hydrogens (primary N) is 1. The zero-order valence-electron chi connectivity index (χ0n) is 23.1. The molecule has 0 saturated heterocycles. The molecule has 0 spiro atoms. The number of fused-ring (bicyclic) bond motifs is 1. The number of aliphatic carboxylic acids is 1. The van der Waals surface area contributed by atoms with Crippen molar-refractivity contribution in [3.63, 3.8) is 0 Å². The van der Waals surface area contributed by atoms with Gasteiger partial charge in [-0.25, -0.2) is 15.0 Å². The molecule has 0 radical (unpaired) electrons. The molecule has 4 aromatic rings. The van der Waals surface area contributed by atoms with Crippen LogP contribution in [0, 0.1) is 5.41 Å². The zero-order chi connectivity index (χ0) is 30.4. The molecule has 3 heterocycles. The Hall–Kier alpha value is -4.68. The Morgan fingerprint density at radius 2 is 1.90 bits per heavy atom. The number of anilines is 2. The number of nitrogens with zero attached hydrogens (tertiary/aromatic N) is 4. The van der Waals surface area contributed by atoms with Crippen molar-refractivity contribution in [3.05, 3.63) is 65.9 Å². The summed E-state index contributed by atoms with van der Waals surface area (Å²) in [6, 6.07) is 6.16. The molecular formula is C29H29F3N6O4. The van der Waals surface area contributed by atoms with Crippen molar-refractivity contribution in [2.75, 3.05) is 17.7 Å². The largest absolute Gasteiger partial charge is 0.493 e. The highest BCUT2D eigenvalue weighted by Gasteiger charge is 2.50. The van der Waals surface area contributed by atoms with Gasteiger partial charge in [-0.2, -0.15) is 13.2 Å². The van der Waals surface area contributed by atoms with E-state index in [2.05, 4.69) is 15.3 Å². The van der Waals surface area contributed by atoms with E-state index in [0.717, 1.165) is 18.3 Å². The van der Waals surface area contributed by atoms with Crippen molar-refractivity contribution in [2.45, 2.75) is 51.6 Å². The van der Waals surface area contributed by atoms with E-state index in [-0.39, 0.29) is 23.8 Å². The van der Waals surface area contributed by atoms with Crippen LogP contribution in [0.4, 0.5) is 24.8 Å². The average Bonchev–Trinajstić information content (AvgIpc) is 3.48. The third-order valence-electron chi connectivity index (χ3n) is 7.78. The molecule has 4 N–H and O–H groups in total. The maximum atomic E-state index is 13.1. The Kier molecular flexibility index (Phi) is 7.07. The number of pyridine rings is 1. The predicted octanol–water partition coefficient (Wildman–Crippen LogP) is 5.58. The number of rotatable bonds is 7. The molecule has 2 atom stereocenters. The Morgan fingerprint density at radius 3 is 2.57 bits per heavy atom. The number of benzene rings is 1. The molecule has 220 valence electrons. The molecule has 5 rings (SSSR count). The second-order valence-corrected chi connectivity index (χ2v) is 10.9. The quantitative estimate of drug-likeness (QED) is 0.256. The number of nitrogens with one attached hydrogen (secondary N) is 1. The van der Waals surface area contributed by atoms with Crippen LogP contribution in [-0.4, -0.2) is 42.9 Å². The number of carbonyl (C=O) groups is 2. The number of ether oxygens (including phenoxy) is 1. The van der Waals surface area contributed by atoms with Gasteiger partial charge in [-0.15, -0.1) is 0 Å². The minimum absolute atomic E-state index is 0.122. The van der Waals surface area contributed by atoms with Crippen LogP contribution in [0.15, 0.2) is 48.9 Å². The fourth-order valence-electron chi connectivity index (χ4n) is 5.64. The summed E-state index contributed by atoms with van der Waals surface area (Å²) in [5.41, 5.74) is 5.48. The molecule has 1 aromatic carbocycles. The number of alkyl halides is 3. The Morgan fingerprint density at radius 1 is 1.14 bits per heavy atom. The molecule has 0 bridgehead atoms. The number of imidazole rings is 1. The van der Waals surface area contributed by atoms with Crippen LogP contribution < -0.4 is 15.8 Å². The van der Waals surface area contributed by atoms with E-state index < -0.39 is 34.4 Å². The van der Waals surface area contributed by atoms with Gasteiger partial charge >= 0.3 is 12.1 Å². The number of aromatic nitrogens is 4. The summed E-state index contributed by atoms with van der Waals surface area (Å²) in [5, 5.41) is 12.2. The van der Waals surface area contributed by atoms with Gasteiger partial charge in [0.2, 0.25) is 0 Å². The molecule has 42 heavy (non-hydrogen) atoms. The first-order valence-electron chi connectivity index (χ1n) is 13.2. The van der Waals surface area contributed by atoms with Crippen LogP contribution in [-0.2, 0) is 16.4 Å². The van der Waals surface area contributed by atoms with Crippen molar-refractivity contribution >= 4 is 29.0 Å². The summed E-state index contributed by atoms with van der Waals surface area (Å²) < 4.78 is 47.0. The summed E-state index contributed by atoms with van der Waals surface area (Å²) in [7, 11) is 0. The van der Waals surface area contributed by atoms with Gasteiger partial charge in [0.25, 0.3) is 5.91 Å². The number of carboxylic acids is 1. The summed E-state index contributed by atoms with van der Waals surface area (Å²) in [5.74, 6) is -0.665. The summed E-state index contributed by atoms with van der Waals surface area (Å²) in [6.07, 6.45) is 1.11. The highest BCUT2D eigenvalue weighted by atomic mass is 19.4. The molecule has 10 nitrogen and oxygen atoms in total. The van der Waals surface area contributed by atoms with Crippen LogP contribution in [0.3, 0.4) is 0 Å². The standard InChI is InChI=1S/C29H29F3N6O4/c1-4-42-19-13-16(24(39)36-20-14-17(7-10-34-20)29(30,31)32)5-6-18(19)21-22-23(33)35-11-12-38(22)25(37-21)27(2)8-9-28(3,15-27)26(40)41/h5-7,10-14H,4,8-9,15H2,1-3H3,(H2,33,35)(H,40,41)(H,34,36,39). The van der Waals surface area contributed by atoms with Crippen LogP contribution >= 0.6 is 0 Å². The van der Waals surface area contributed by atoms with Gasteiger partial charge < -0.3 is 20.9 Å². The maximum absolute atomic E-state index is 13.1. The van der Waals surface area contributed by atoms with Gasteiger partial charge in [0, 0.05) is 35.1 Å². The average molecular weight is 583 g/mol. The van der Waals surface area contributed by atoms with Gasteiger partial charge in [0.1, 0.15) is 34.4 Å². The van der Waals surface area contributed by atoms with E-state index in [9.17, 15) is 27.9 Å². The third-order valence-corrected chi connectivity index (χ3v) is 7.78. The predicted molar refractivity (Wildman–Crippen MR) is 148 cm³/mol. The van der Waals surface area contributed by atoms with E-state index in [4.69, 9.17) is 15.5 Å². The van der Waals surface area contributed by atoms with Crippen LogP contribution in [0.5, 0.6) is 5.75 Å². The van der Waals surface area contributed by atoms with E-state index >= 15 is 0 Å². The third kappa shape index (κ3) is 5.10. The molecule has 0 aliphatic heterocycles. The lowest BCUT2D eigenvalue weighted by atomic mass is 9.81. The second kappa shape index (κ2) is 10.3. The van der Waals surface area contributed by atoms with Crippen molar-refractivity contribution in [1.29, 1.82) is 0 Å². The van der Waals surface area contributed by atoms with Crippen LogP contribution in [0.1, 0.15) is 61.8 Å². The van der Waals surface area contributed by atoms with Gasteiger partial charge in [0.15, 0.2) is 0 Å². The minimum atomic E-state index is -4.59. The van der Waals surface area contributed by atoms with E-state index in [1.807, 2.05) is 11.3 Å². The summed E-state index contributed by atoms with van der Waals surface area (Å²) >= 11 is 0. The molecule has 2 unspecified atom stereocenters. The monoisotopic (exact) mass is 582 g/mol. The van der Waals surface area contributed by atoms with E-state index in [1.165, 1.54) is 12.1 Å². The smallest absolute Gasteiger partial charge is 0.416 e. The molecule has 1 aliphatic rings. The lowest BCUT2D eigenvalue weighted by Crippen LogP contribution is -2.29. The highest BCUT2D eigenvalue weighted by Crippen LogP contribution is 2.51. The number of nitrogen functional groups attached to an aromatic ring is 1. The first-order chi connectivity index (χ1) is 19.8. The van der Waals surface area contributed by atoms with E-state index in [0.29, 0.717) is 47.6 Å². The fraction of sp³-hybridized carbons (Fsp3) is 0.345. The van der Waals surface area contributed by atoms with Gasteiger partial charge in [0.05, 0.1) is 17.6 Å². The molecule has 1 fully saturated rings. The molecule has 1 saturated carbocycles. The van der Waals surface area contributed by atoms with Gasteiger partial charge in [-0.05, 0) is 63.4 Å². The Labute approximate surface area is 238 Å². The number of halogens is 3. The van der Waals surface area contributed by atoms with Crippen LogP contribution in [0.2, 0.25) is 0 Å². The van der Waals surface area contributed by atoms with Gasteiger partial charge in [-0.3, -0.25) is 14.0 Å². The van der Waals surface area contributed by atoms with E-state index in [1.54, 1.807) is 32.3 Å². The molecular weight excluding hydrogens is 553 g/mol.